The van der Waals surface area contributed by atoms with Crippen molar-refractivity contribution in [1.29, 1.82) is 0 Å². The number of amides is 1. The minimum atomic E-state index is -0.888. The number of para-hydroxylation sites is 1. The molecule has 0 spiro atoms. The SMILES string of the molecule is CC(C)c1ccccc1NC(=O)COC(=O)c1cc([N+](=O)[O-])ccc1NCCO. The van der Waals surface area contributed by atoms with E-state index >= 15 is 0 Å². The molecule has 2 aromatic carbocycles. The summed E-state index contributed by atoms with van der Waals surface area (Å²) in [4.78, 5) is 35.0. The van der Waals surface area contributed by atoms with Crippen LogP contribution in [0.3, 0.4) is 0 Å². The van der Waals surface area contributed by atoms with Crippen LogP contribution in [0.1, 0.15) is 35.7 Å². The highest BCUT2D eigenvalue weighted by Gasteiger charge is 2.19. The van der Waals surface area contributed by atoms with Crippen molar-refractivity contribution in [2.24, 2.45) is 0 Å². The van der Waals surface area contributed by atoms with E-state index in [-0.39, 0.29) is 36.0 Å². The molecule has 2 aromatic rings. The number of carbonyl (C=O) groups is 2. The molecule has 0 saturated carbocycles. The number of nitrogens with one attached hydrogen (secondary N) is 2. The monoisotopic (exact) mass is 401 g/mol. The molecule has 154 valence electrons. The van der Waals surface area contributed by atoms with Gasteiger partial charge in [-0.3, -0.25) is 14.9 Å². The molecular weight excluding hydrogens is 378 g/mol. The summed E-state index contributed by atoms with van der Waals surface area (Å²) in [5.74, 6) is -1.22. The molecule has 29 heavy (non-hydrogen) atoms. The second kappa shape index (κ2) is 10.2. The number of rotatable bonds is 9. The summed E-state index contributed by atoms with van der Waals surface area (Å²) >= 11 is 0. The van der Waals surface area contributed by atoms with Gasteiger partial charge in [-0.15, -0.1) is 0 Å². The van der Waals surface area contributed by atoms with E-state index in [4.69, 9.17) is 9.84 Å². The van der Waals surface area contributed by atoms with Crippen LogP contribution in [-0.4, -0.2) is 41.7 Å². The molecule has 3 N–H and O–H groups in total. The lowest BCUT2D eigenvalue weighted by atomic mass is 10.0. The lowest BCUT2D eigenvalue weighted by Gasteiger charge is -2.14. The van der Waals surface area contributed by atoms with E-state index < -0.39 is 23.4 Å². The summed E-state index contributed by atoms with van der Waals surface area (Å²) in [6.45, 7) is 3.39. The third kappa shape index (κ3) is 6.01. The van der Waals surface area contributed by atoms with E-state index in [2.05, 4.69) is 10.6 Å². The van der Waals surface area contributed by atoms with Gasteiger partial charge in [-0.25, -0.2) is 4.79 Å². The fourth-order valence-corrected chi connectivity index (χ4v) is 2.67. The second-order valence-corrected chi connectivity index (χ2v) is 6.50. The molecule has 0 heterocycles. The second-order valence-electron chi connectivity index (χ2n) is 6.50. The van der Waals surface area contributed by atoms with Gasteiger partial charge in [0, 0.05) is 30.1 Å². The molecule has 9 nitrogen and oxygen atoms in total. The van der Waals surface area contributed by atoms with Crippen molar-refractivity contribution in [3.8, 4) is 0 Å². The number of ether oxygens (including phenoxy) is 1. The lowest BCUT2D eigenvalue weighted by Crippen LogP contribution is -2.22. The Labute approximate surface area is 167 Å². The van der Waals surface area contributed by atoms with E-state index in [1.165, 1.54) is 12.1 Å². The van der Waals surface area contributed by atoms with Crippen LogP contribution >= 0.6 is 0 Å². The highest BCUT2D eigenvalue weighted by atomic mass is 16.6. The van der Waals surface area contributed by atoms with Crippen molar-refractivity contribution < 1.29 is 24.4 Å². The fourth-order valence-electron chi connectivity index (χ4n) is 2.67. The van der Waals surface area contributed by atoms with Gasteiger partial charge < -0.3 is 20.5 Å². The van der Waals surface area contributed by atoms with Crippen molar-refractivity contribution in [1.82, 2.24) is 0 Å². The summed E-state index contributed by atoms with van der Waals surface area (Å²) in [6, 6.07) is 11.0. The van der Waals surface area contributed by atoms with E-state index in [9.17, 15) is 19.7 Å². The number of nitro benzene ring substituents is 1. The normalized spacial score (nSPS) is 10.5. The average molecular weight is 401 g/mol. The van der Waals surface area contributed by atoms with Gasteiger partial charge in [0.05, 0.1) is 17.1 Å². The molecule has 9 heteroatoms. The third-order valence-corrected chi connectivity index (χ3v) is 4.05. The van der Waals surface area contributed by atoms with Crippen LogP contribution in [-0.2, 0) is 9.53 Å². The van der Waals surface area contributed by atoms with Gasteiger partial charge in [-0.1, -0.05) is 32.0 Å². The smallest absolute Gasteiger partial charge is 0.341 e. The molecule has 0 bridgehead atoms. The van der Waals surface area contributed by atoms with Crippen LogP contribution in [0.4, 0.5) is 17.1 Å². The Morgan fingerprint density at radius 1 is 1.17 bits per heavy atom. The zero-order chi connectivity index (χ0) is 21.4. The first-order valence-electron chi connectivity index (χ1n) is 9.02. The van der Waals surface area contributed by atoms with E-state index in [0.29, 0.717) is 5.69 Å². The number of nitrogens with zero attached hydrogens (tertiary/aromatic N) is 1. The summed E-state index contributed by atoms with van der Waals surface area (Å²) < 4.78 is 5.04. The topological polar surface area (TPSA) is 131 Å². The number of nitro groups is 1. The van der Waals surface area contributed by atoms with Crippen molar-refractivity contribution >= 4 is 28.9 Å². The molecule has 0 aliphatic carbocycles. The number of esters is 1. The summed E-state index contributed by atoms with van der Waals surface area (Å²) in [5.41, 5.74) is 1.45. The highest BCUT2D eigenvalue weighted by Crippen LogP contribution is 2.24. The molecule has 0 aliphatic rings. The number of aliphatic hydroxyl groups excluding tert-OH is 1. The van der Waals surface area contributed by atoms with Crippen LogP contribution in [0.2, 0.25) is 0 Å². The number of anilines is 2. The van der Waals surface area contributed by atoms with Gasteiger partial charge >= 0.3 is 5.97 Å². The van der Waals surface area contributed by atoms with E-state index in [0.717, 1.165) is 11.6 Å². The molecular formula is C20H23N3O6. The van der Waals surface area contributed by atoms with Crippen molar-refractivity contribution in [3.63, 3.8) is 0 Å². The Morgan fingerprint density at radius 3 is 2.55 bits per heavy atom. The van der Waals surface area contributed by atoms with Crippen LogP contribution < -0.4 is 10.6 Å². The predicted octanol–water partition coefficient (Wildman–Crippen LogP) is 2.92. The largest absolute Gasteiger partial charge is 0.452 e. The first-order valence-corrected chi connectivity index (χ1v) is 9.02. The Hall–Kier alpha value is -3.46. The summed E-state index contributed by atoms with van der Waals surface area (Å²) in [5, 5.41) is 25.4. The van der Waals surface area contributed by atoms with Crippen molar-refractivity contribution in [3.05, 3.63) is 63.7 Å². The van der Waals surface area contributed by atoms with Gasteiger partial charge in [0.15, 0.2) is 6.61 Å². The Balaban J connectivity index is 2.09. The zero-order valence-corrected chi connectivity index (χ0v) is 16.2. The van der Waals surface area contributed by atoms with E-state index in [1.807, 2.05) is 26.0 Å². The molecule has 0 radical (unpaired) electrons. The third-order valence-electron chi connectivity index (χ3n) is 4.05. The minimum Gasteiger partial charge on any atom is -0.452 e. The Kier molecular flexibility index (Phi) is 7.67. The predicted molar refractivity (Wildman–Crippen MR) is 108 cm³/mol. The van der Waals surface area contributed by atoms with Crippen molar-refractivity contribution in [2.45, 2.75) is 19.8 Å². The first kappa shape index (κ1) is 21.8. The molecule has 0 saturated heterocycles. The van der Waals surface area contributed by atoms with E-state index in [1.54, 1.807) is 12.1 Å². The summed E-state index contributed by atoms with van der Waals surface area (Å²) in [7, 11) is 0. The molecule has 1 amide bonds. The zero-order valence-electron chi connectivity index (χ0n) is 16.2. The summed E-state index contributed by atoms with van der Waals surface area (Å²) in [6.07, 6.45) is 0. The van der Waals surface area contributed by atoms with Gasteiger partial charge in [0.25, 0.3) is 11.6 Å². The molecule has 2 rings (SSSR count). The molecule has 0 aliphatic heterocycles. The van der Waals surface area contributed by atoms with Crippen LogP contribution in [0, 0.1) is 10.1 Å². The minimum absolute atomic E-state index is 0.0944. The molecule has 0 aromatic heterocycles. The maximum Gasteiger partial charge on any atom is 0.341 e. The number of benzene rings is 2. The molecule has 0 fully saturated rings. The Morgan fingerprint density at radius 2 is 1.90 bits per heavy atom. The van der Waals surface area contributed by atoms with Gasteiger partial charge in [-0.05, 0) is 23.6 Å². The maximum absolute atomic E-state index is 12.4. The standard InChI is InChI=1S/C20H23N3O6/c1-13(2)15-5-3-4-6-18(15)22-19(25)12-29-20(26)16-11-14(23(27)28)7-8-17(16)21-9-10-24/h3-8,11,13,21,24H,9-10,12H2,1-2H3,(H,22,25). The Bertz CT molecular complexity index is 898. The van der Waals surface area contributed by atoms with Gasteiger partial charge in [-0.2, -0.15) is 0 Å². The lowest BCUT2D eigenvalue weighted by molar-refractivity contribution is -0.384. The molecule has 0 atom stereocenters. The van der Waals surface area contributed by atoms with Crippen molar-refractivity contribution in [2.75, 3.05) is 30.4 Å². The quantitative estimate of drug-likeness (QED) is 0.334. The van der Waals surface area contributed by atoms with Gasteiger partial charge in [0.1, 0.15) is 0 Å². The van der Waals surface area contributed by atoms with Crippen LogP contribution in [0.25, 0.3) is 0 Å². The maximum atomic E-state index is 12.4. The molecule has 0 unspecified atom stereocenters. The number of hydrogen-bond donors (Lipinski definition) is 3. The highest BCUT2D eigenvalue weighted by molar-refractivity contribution is 5.99. The number of aliphatic hydroxyl groups is 1. The average Bonchev–Trinajstić information content (AvgIpc) is 2.70. The number of non-ortho nitro benzene ring substituents is 1. The fraction of sp³-hybridized carbons (Fsp3) is 0.300. The van der Waals surface area contributed by atoms with Crippen LogP contribution in [0.15, 0.2) is 42.5 Å². The van der Waals surface area contributed by atoms with Crippen LogP contribution in [0.5, 0.6) is 0 Å². The number of hydrogen-bond acceptors (Lipinski definition) is 7. The number of carbonyl (C=O) groups excluding carboxylic acids is 2. The van der Waals surface area contributed by atoms with Gasteiger partial charge in [0.2, 0.25) is 0 Å². The first-order chi connectivity index (χ1) is 13.8.